The van der Waals surface area contributed by atoms with Crippen LogP contribution in [0.3, 0.4) is 0 Å². The van der Waals surface area contributed by atoms with E-state index in [1.165, 1.54) is 7.11 Å². The number of hydrogen-bond acceptors (Lipinski definition) is 5. The molecule has 0 N–H and O–H groups in total. The van der Waals surface area contributed by atoms with Crippen molar-refractivity contribution >= 4 is 45.5 Å². The zero-order valence-electron chi connectivity index (χ0n) is 13.4. The van der Waals surface area contributed by atoms with E-state index in [0.717, 1.165) is 4.47 Å². The van der Waals surface area contributed by atoms with Gasteiger partial charge in [-0.25, -0.2) is 9.79 Å². The molecule has 7 heteroatoms. The van der Waals surface area contributed by atoms with Crippen LogP contribution < -0.4 is 9.47 Å². The molecule has 0 saturated heterocycles. The van der Waals surface area contributed by atoms with Gasteiger partial charge in [0, 0.05) is 15.1 Å². The molecule has 1 aliphatic rings. The Labute approximate surface area is 158 Å². The summed E-state index contributed by atoms with van der Waals surface area (Å²) in [6.07, 6.45) is 1.61. The zero-order chi connectivity index (χ0) is 18.0. The average molecular weight is 423 g/mol. The number of carbonyl (C=O) groups is 1. The van der Waals surface area contributed by atoms with E-state index in [1.807, 2.05) is 12.1 Å². The molecule has 0 saturated carbocycles. The fourth-order valence-corrected chi connectivity index (χ4v) is 2.89. The molecule has 5 nitrogen and oxygen atoms in total. The second-order valence-corrected chi connectivity index (χ2v) is 6.42. The molecule has 0 atom stereocenters. The predicted molar refractivity (Wildman–Crippen MR) is 99.3 cm³/mol. The Hall–Kier alpha value is -2.31. The van der Waals surface area contributed by atoms with Crippen molar-refractivity contribution in [1.82, 2.24) is 0 Å². The van der Waals surface area contributed by atoms with Gasteiger partial charge in [0.2, 0.25) is 5.90 Å². The highest BCUT2D eigenvalue weighted by Gasteiger charge is 2.27. The van der Waals surface area contributed by atoms with Crippen LogP contribution in [0.25, 0.3) is 6.08 Å². The van der Waals surface area contributed by atoms with Crippen molar-refractivity contribution in [3.05, 3.63) is 62.7 Å². The molecular formula is C18H13BrClNO4. The molecule has 0 unspecified atom stereocenters. The van der Waals surface area contributed by atoms with Crippen molar-refractivity contribution in [2.45, 2.75) is 0 Å². The highest BCUT2D eigenvalue weighted by atomic mass is 79.9. The summed E-state index contributed by atoms with van der Waals surface area (Å²) >= 11 is 9.42. The second-order valence-electron chi connectivity index (χ2n) is 5.07. The number of hydrogen-bond donors (Lipinski definition) is 0. The number of cyclic esters (lactones) is 1. The fourth-order valence-electron chi connectivity index (χ4n) is 2.34. The maximum Gasteiger partial charge on any atom is 0.363 e. The zero-order valence-corrected chi connectivity index (χ0v) is 15.7. The summed E-state index contributed by atoms with van der Waals surface area (Å²) < 4.78 is 16.7. The molecule has 2 aromatic carbocycles. The van der Waals surface area contributed by atoms with Gasteiger partial charge in [-0.05, 0) is 42.5 Å². The van der Waals surface area contributed by atoms with Crippen LogP contribution in [0.15, 0.2) is 51.6 Å². The predicted octanol–water partition coefficient (Wildman–Crippen LogP) is 4.46. The number of aliphatic imine (C=N–C) groups is 1. The summed E-state index contributed by atoms with van der Waals surface area (Å²) in [7, 11) is 3.08. The first-order valence-electron chi connectivity index (χ1n) is 7.22. The minimum absolute atomic E-state index is 0.143. The standard InChI is InChI=1S/C18H13BrClNO4/c1-23-15-5-3-11(19)7-10(15)8-14-18(22)25-17(21-14)13-9-12(20)4-6-16(13)24-2/h3-9H,1-2H3/b14-8-. The topological polar surface area (TPSA) is 57.1 Å². The molecule has 0 amide bonds. The average Bonchev–Trinajstić information content (AvgIpc) is 2.96. The molecule has 25 heavy (non-hydrogen) atoms. The third-order valence-corrected chi connectivity index (χ3v) is 4.22. The number of benzene rings is 2. The molecule has 0 aromatic heterocycles. The van der Waals surface area contributed by atoms with E-state index in [2.05, 4.69) is 20.9 Å². The molecule has 0 fully saturated rings. The van der Waals surface area contributed by atoms with Gasteiger partial charge in [-0.3, -0.25) is 0 Å². The summed E-state index contributed by atoms with van der Waals surface area (Å²) in [4.78, 5) is 16.5. The van der Waals surface area contributed by atoms with Crippen LogP contribution in [0.1, 0.15) is 11.1 Å². The van der Waals surface area contributed by atoms with Crippen molar-refractivity contribution in [3.8, 4) is 11.5 Å². The first kappa shape index (κ1) is 17.5. The van der Waals surface area contributed by atoms with Gasteiger partial charge in [0.05, 0.1) is 19.8 Å². The van der Waals surface area contributed by atoms with Crippen molar-refractivity contribution in [2.75, 3.05) is 14.2 Å². The van der Waals surface area contributed by atoms with Gasteiger partial charge in [0.1, 0.15) is 11.5 Å². The first-order valence-corrected chi connectivity index (χ1v) is 8.39. The second kappa shape index (κ2) is 7.29. The van der Waals surface area contributed by atoms with Crippen LogP contribution in [-0.4, -0.2) is 26.1 Å². The molecule has 1 heterocycles. The van der Waals surface area contributed by atoms with Crippen LogP contribution in [-0.2, 0) is 9.53 Å². The first-order chi connectivity index (χ1) is 12.0. The summed E-state index contributed by atoms with van der Waals surface area (Å²) in [5.74, 6) is 0.716. The van der Waals surface area contributed by atoms with Gasteiger partial charge in [0.25, 0.3) is 0 Å². The highest BCUT2D eigenvalue weighted by Crippen LogP contribution is 2.30. The summed E-state index contributed by atoms with van der Waals surface area (Å²) in [6.45, 7) is 0. The number of esters is 1. The van der Waals surface area contributed by atoms with Gasteiger partial charge >= 0.3 is 5.97 Å². The van der Waals surface area contributed by atoms with Crippen LogP contribution in [0, 0.1) is 0 Å². The Kier molecular flexibility index (Phi) is 5.11. The molecule has 128 valence electrons. The van der Waals surface area contributed by atoms with E-state index in [1.54, 1.807) is 37.5 Å². The number of methoxy groups -OCH3 is 2. The summed E-state index contributed by atoms with van der Waals surface area (Å²) in [5.41, 5.74) is 1.37. The molecule has 0 spiro atoms. The van der Waals surface area contributed by atoms with Crippen molar-refractivity contribution in [2.24, 2.45) is 4.99 Å². The monoisotopic (exact) mass is 421 g/mol. The largest absolute Gasteiger partial charge is 0.496 e. The van der Waals surface area contributed by atoms with Gasteiger partial charge in [-0.2, -0.15) is 0 Å². The maximum atomic E-state index is 12.2. The van der Waals surface area contributed by atoms with E-state index in [4.69, 9.17) is 25.8 Å². The number of carbonyl (C=O) groups excluding carboxylic acids is 1. The van der Waals surface area contributed by atoms with E-state index >= 15 is 0 Å². The van der Waals surface area contributed by atoms with E-state index in [9.17, 15) is 4.79 Å². The summed E-state index contributed by atoms with van der Waals surface area (Å²) in [6, 6.07) is 10.5. The number of halogens is 2. The maximum absolute atomic E-state index is 12.2. The smallest absolute Gasteiger partial charge is 0.363 e. The Bertz CT molecular complexity index is 908. The van der Waals surface area contributed by atoms with E-state index < -0.39 is 5.97 Å². The molecular weight excluding hydrogens is 410 g/mol. The van der Waals surface area contributed by atoms with Gasteiger partial charge in [0.15, 0.2) is 5.70 Å². The Balaban J connectivity index is 2.04. The molecule has 3 rings (SSSR count). The Morgan fingerprint density at radius 3 is 2.56 bits per heavy atom. The SMILES string of the molecule is COc1ccc(Br)cc1/C=C1\N=C(c2cc(Cl)ccc2OC)OC1=O. The molecule has 0 aliphatic carbocycles. The lowest BCUT2D eigenvalue weighted by molar-refractivity contribution is -0.129. The minimum atomic E-state index is -0.556. The minimum Gasteiger partial charge on any atom is -0.496 e. The van der Waals surface area contributed by atoms with Crippen LogP contribution in [0.4, 0.5) is 0 Å². The van der Waals surface area contributed by atoms with Gasteiger partial charge < -0.3 is 14.2 Å². The molecule has 2 aromatic rings. The Morgan fingerprint density at radius 1 is 1.12 bits per heavy atom. The van der Waals surface area contributed by atoms with E-state index in [0.29, 0.717) is 27.6 Å². The number of ether oxygens (including phenoxy) is 3. The quantitative estimate of drug-likeness (QED) is 0.539. The Morgan fingerprint density at radius 2 is 1.84 bits per heavy atom. The van der Waals surface area contributed by atoms with Gasteiger partial charge in [-0.1, -0.05) is 27.5 Å². The van der Waals surface area contributed by atoms with Crippen LogP contribution >= 0.6 is 27.5 Å². The van der Waals surface area contributed by atoms with E-state index in [-0.39, 0.29) is 11.6 Å². The normalized spacial score (nSPS) is 15.1. The lowest BCUT2D eigenvalue weighted by Gasteiger charge is -2.07. The highest BCUT2D eigenvalue weighted by molar-refractivity contribution is 9.10. The van der Waals surface area contributed by atoms with Gasteiger partial charge in [-0.15, -0.1) is 0 Å². The molecule has 0 radical (unpaired) electrons. The molecule has 1 aliphatic heterocycles. The van der Waals surface area contributed by atoms with Crippen molar-refractivity contribution in [3.63, 3.8) is 0 Å². The number of rotatable bonds is 4. The van der Waals surface area contributed by atoms with Crippen molar-refractivity contribution < 1.29 is 19.0 Å². The lowest BCUT2D eigenvalue weighted by Crippen LogP contribution is -2.07. The third-order valence-electron chi connectivity index (χ3n) is 3.50. The van der Waals surface area contributed by atoms with Crippen LogP contribution in [0.2, 0.25) is 5.02 Å². The lowest BCUT2D eigenvalue weighted by atomic mass is 10.1. The number of nitrogens with zero attached hydrogens (tertiary/aromatic N) is 1. The summed E-state index contributed by atoms with van der Waals surface area (Å²) in [5, 5.41) is 0.487. The third kappa shape index (κ3) is 3.70. The van der Waals surface area contributed by atoms with Crippen molar-refractivity contribution in [1.29, 1.82) is 0 Å². The fraction of sp³-hybridized carbons (Fsp3) is 0.111. The molecule has 0 bridgehead atoms. The van der Waals surface area contributed by atoms with Crippen LogP contribution in [0.5, 0.6) is 11.5 Å².